The first kappa shape index (κ1) is 22.8. The normalized spacial score (nSPS) is 20.0. The summed E-state index contributed by atoms with van der Waals surface area (Å²) < 4.78 is 0. The summed E-state index contributed by atoms with van der Waals surface area (Å²) >= 11 is 0. The van der Waals surface area contributed by atoms with Gasteiger partial charge in [-0.2, -0.15) is 0 Å². The molecular formula is C26H38N4O2. The van der Waals surface area contributed by atoms with Gasteiger partial charge in [-0.25, -0.2) is 4.79 Å². The fraction of sp³-hybridized carbons (Fsp3) is 0.615. The molecule has 0 bridgehead atoms. The Hall–Kier alpha value is -2.34. The predicted octanol–water partition coefficient (Wildman–Crippen LogP) is 4.47. The van der Waals surface area contributed by atoms with Crippen molar-refractivity contribution in [2.45, 2.75) is 84.3 Å². The lowest BCUT2D eigenvalue weighted by atomic mass is 9.96. The SMILES string of the molecule is CCN1CCCC1CN(Cc1cc2ccc(C)c(C)c2[nH]c1=O)C(=O)NC1CCCCC1. The third-order valence-corrected chi connectivity index (χ3v) is 7.55. The molecule has 6 heteroatoms. The maximum atomic E-state index is 13.4. The van der Waals surface area contributed by atoms with Crippen LogP contribution in [0.4, 0.5) is 4.79 Å². The molecule has 32 heavy (non-hydrogen) atoms. The van der Waals surface area contributed by atoms with Gasteiger partial charge in [0.05, 0.1) is 12.1 Å². The molecule has 1 atom stereocenters. The van der Waals surface area contributed by atoms with Crippen LogP contribution in [0.2, 0.25) is 0 Å². The van der Waals surface area contributed by atoms with Gasteiger partial charge in [0.15, 0.2) is 0 Å². The zero-order chi connectivity index (χ0) is 22.7. The average Bonchev–Trinajstić information content (AvgIpc) is 3.25. The third-order valence-electron chi connectivity index (χ3n) is 7.55. The Balaban J connectivity index is 1.58. The van der Waals surface area contributed by atoms with Crippen molar-refractivity contribution in [3.05, 3.63) is 45.2 Å². The molecule has 0 radical (unpaired) electrons. The number of urea groups is 1. The van der Waals surface area contributed by atoms with Crippen LogP contribution in [0.5, 0.6) is 0 Å². The number of amides is 2. The van der Waals surface area contributed by atoms with Gasteiger partial charge in [-0.3, -0.25) is 9.69 Å². The topological polar surface area (TPSA) is 68.4 Å². The molecule has 1 saturated heterocycles. The highest BCUT2D eigenvalue weighted by Gasteiger charge is 2.29. The fourth-order valence-electron chi connectivity index (χ4n) is 5.40. The third kappa shape index (κ3) is 5.01. The second-order valence-electron chi connectivity index (χ2n) is 9.68. The molecule has 4 rings (SSSR count). The molecule has 1 unspecified atom stereocenters. The largest absolute Gasteiger partial charge is 0.335 e. The van der Waals surface area contributed by atoms with Gasteiger partial charge in [-0.1, -0.05) is 38.3 Å². The van der Waals surface area contributed by atoms with Crippen LogP contribution in [-0.4, -0.2) is 52.5 Å². The molecule has 1 aromatic carbocycles. The van der Waals surface area contributed by atoms with E-state index in [-0.39, 0.29) is 17.6 Å². The number of carbonyl (C=O) groups is 1. The molecule has 1 aromatic heterocycles. The van der Waals surface area contributed by atoms with Crippen molar-refractivity contribution in [1.29, 1.82) is 0 Å². The van der Waals surface area contributed by atoms with E-state index < -0.39 is 0 Å². The average molecular weight is 439 g/mol. The second kappa shape index (κ2) is 10.1. The van der Waals surface area contributed by atoms with Crippen molar-refractivity contribution in [2.75, 3.05) is 19.6 Å². The zero-order valence-corrected chi connectivity index (χ0v) is 19.9. The minimum absolute atomic E-state index is 0.0283. The molecular weight excluding hydrogens is 400 g/mol. The Kier molecular flexibility index (Phi) is 7.19. The number of hydrogen-bond donors (Lipinski definition) is 2. The maximum Gasteiger partial charge on any atom is 0.317 e. The number of nitrogens with one attached hydrogen (secondary N) is 2. The van der Waals surface area contributed by atoms with E-state index in [0.717, 1.165) is 54.4 Å². The molecule has 2 fully saturated rings. The monoisotopic (exact) mass is 438 g/mol. The van der Waals surface area contributed by atoms with Gasteiger partial charge < -0.3 is 15.2 Å². The summed E-state index contributed by atoms with van der Waals surface area (Å²) in [5.74, 6) is 0. The number of hydrogen-bond acceptors (Lipinski definition) is 3. The van der Waals surface area contributed by atoms with E-state index in [1.54, 1.807) is 0 Å². The number of benzene rings is 1. The number of H-pyrrole nitrogens is 1. The van der Waals surface area contributed by atoms with Crippen LogP contribution in [0.1, 0.15) is 68.6 Å². The highest BCUT2D eigenvalue weighted by Crippen LogP contribution is 2.22. The van der Waals surface area contributed by atoms with Gasteiger partial charge >= 0.3 is 6.03 Å². The van der Waals surface area contributed by atoms with Crippen LogP contribution in [0.15, 0.2) is 23.0 Å². The van der Waals surface area contributed by atoms with Crippen molar-refractivity contribution in [3.63, 3.8) is 0 Å². The van der Waals surface area contributed by atoms with Gasteiger partial charge in [-0.15, -0.1) is 0 Å². The molecule has 1 aliphatic carbocycles. The van der Waals surface area contributed by atoms with Crippen LogP contribution in [0.3, 0.4) is 0 Å². The fourth-order valence-corrected chi connectivity index (χ4v) is 5.40. The van der Waals surface area contributed by atoms with E-state index in [1.807, 2.05) is 17.9 Å². The minimum atomic E-state index is -0.0968. The molecule has 2 heterocycles. The van der Waals surface area contributed by atoms with Crippen LogP contribution in [0, 0.1) is 13.8 Å². The number of aromatic amines is 1. The standard InChI is InChI=1S/C26H38N4O2/c1-4-29-14-8-11-23(29)17-30(26(32)27-22-9-6-5-7-10-22)16-21-15-20-13-12-18(2)19(3)24(20)28-25(21)31/h12-13,15,22-23H,4-11,14,16-17H2,1-3H3,(H,27,32)(H,28,31). The van der Waals surface area contributed by atoms with Crippen LogP contribution < -0.4 is 10.9 Å². The van der Waals surface area contributed by atoms with E-state index in [9.17, 15) is 9.59 Å². The van der Waals surface area contributed by atoms with E-state index in [4.69, 9.17) is 0 Å². The van der Waals surface area contributed by atoms with Gasteiger partial charge in [0.25, 0.3) is 5.56 Å². The Morgan fingerprint density at radius 1 is 1.16 bits per heavy atom. The highest BCUT2D eigenvalue weighted by atomic mass is 16.2. The number of aryl methyl sites for hydroxylation is 2. The van der Waals surface area contributed by atoms with E-state index in [0.29, 0.717) is 24.7 Å². The molecule has 1 saturated carbocycles. The van der Waals surface area contributed by atoms with Crippen molar-refractivity contribution in [2.24, 2.45) is 0 Å². The van der Waals surface area contributed by atoms with E-state index in [1.165, 1.54) is 25.7 Å². The number of nitrogens with zero attached hydrogens (tertiary/aromatic N) is 2. The number of pyridine rings is 1. The van der Waals surface area contributed by atoms with Crippen LogP contribution >= 0.6 is 0 Å². The number of likely N-dealkylation sites (N-methyl/N-ethyl adjacent to an activating group) is 1. The molecule has 2 aliphatic rings. The van der Waals surface area contributed by atoms with E-state index in [2.05, 4.69) is 41.2 Å². The summed E-state index contributed by atoms with van der Waals surface area (Å²) in [6, 6.07) is 6.70. The van der Waals surface area contributed by atoms with Crippen molar-refractivity contribution < 1.29 is 4.79 Å². The number of rotatable bonds is 6. The summed E-state index contributed by atoms with van der Waals surface area (Å²) in [5, 5.41) is 4.30. The van der Waals surface area contributed by atoms with Crippen molar-refractivity contribution in [3.8, 4) is 0 Å². The molecule has 1 aliphatic heterocycles. The molecule has 0 spiro atoms. The van der Waals surface area contributed by atoms with Crippen molar-refractivity contribution >= 4 is 16.9 Å². The lowest BCUT2D eigenvalue weighted by molar-refractivity contribution is 0.159. The smallest absolute Gasteiger partial charge is 0.317 e. The first-order valence-corrected chi connectivity index (χ1v) is 12.4. The minimum Gasteiger partial charge on any atom is -0.335 e. The molecule has 2 aromatic rings. The second-order valence-corrected chi connectivity index (χ2v) is 9.68. The van der Waals surface area contributed by atoms with Gasteiger partial charge in [-0.05, 0) is 75.2 Å². The molecule has 174 valence electrons. The van der Waals surface area contributed by atoms with E-state index >= 15 is 0 Å². The Morgan fingerprint density at radius 2 is 1.94 bits per heavy atom. The van der Waals surface area contributed by atoms with Gasteiger partial charge in [0.2, 0.25) is 0 Å². The summed E-state index contributed by atoms with van der Waals surface area (Å²) in [4.78, 5) is 33.8. The molecule has 6 nitrogen and oxygen atoms in total. The maximum absolute atomic E-state index is 13.4. The Labute approximate surface area is 191 Å². The number of aromatic nitrogens is 1. The quantitative estimate of drug-likeness (QED) is 0.699. The zero-order valence-electron chi connectivity index (χ0n) is 19.9. The van der Waals surface area contributed by atoms with Gasteiger partial charge in [0, 0.05) is 24.2 Å². The summed E-state index contributed by atoms with van der Waals surface area (Å²) in [6.07, 6.45) is 8.01. The predicted molar refractivity (Wildman–Crippen MR) is 130 cm³/mol. The first-order chi connectivity index (χ1) is 15.5. The Bertz CT molecular complexity index is 1010. The first-order valence-electron chi connectivity index (χ1n) is 12.4. The number of likely N-dealkylation sites (tertiary alicyclic amines) is 1. The lowest BCUT2D eigenvalue weighted by Gasteiger charge is -2.32. The lowest BCUT2D eigenvalue weighted by Crippen LogP contribution is -2.50. The number of carbonyl (C=O) groups excluding carboxylic acids is 1. The molecule has 2 amide bonds. The summed E-state index contributed by atoms with van der Waals surface area (Å²) in [7, 11) is 0. The van der Waals surface area contributed by atoms with Crippen molar-refractivity contribution in [1.82, 2.24) is 20.1 Å². The van der Waals surface area contributed by atoms with Gasteiger partial charge in [0.1, 0.15) is 0 Å². The van der Waals surface area contributed by atoms with Crippen LogP contribution in [-0.2, 0) is 6.54 Å². The number of fused-ring (bicyclic) bond motifs is 1. The van der Waals surface area contributed by atoms with Crippen LogP contribution in [0.25, 0.3) is 10.9 Å². The summed E-state index contributed by atoms with van der Waals surface area (Å²) in [6.45, 7) is 9.37. The Morgan fingerprint density at radius 3 is 2.69 bits per heavy atom. The highest BCUT2D eigenvalue weighted by molar-refractivity contribution is 5.83. The summed E-state index contributed by atoms with van der Waals surface area (Å²) in [5.41, 5.74) is 3.71. The molecule has 2 N–H and O–H groups in total.